The van der Waals surface area contributed by atoms with Gasteiger partial charge in [-0.25, -0.2) is 0 Å². The highest BCUT2D eigenvalue weighted by Crippen LogP contribution is 2.31. The zero-order valence-corrected chi connectivity index (χ0v) is 15.6. The molecule has 1 aliphatic rings. The van der Waals surface area contributed by atoms with Crippen molar-refractivity contribution in [2.24, 2.45) is 7.05 Å². The van der Waals surface area contributed by atoms with Crippen molar-refractivity contribution >= 4 is 22.7 Å². The lowest BCUT2D eigenvalue weighted by atomic mass is 10.0. The minimum atomic E-state index is -0.188. The Labute approximate surface area is 156 Å². The highest BCUT2D eigenvalue weighted by molar-refractivity contribution is 6.05. The van der Waals surface area contributed by atoms with Crippen LogP contribution in [-0.2, 0) is 11.8 Å². The normalized spacial score (nSPS) is 19.6. The van der Waals surface area contributed by atoms with Crippen LogP contribution in [0.15, 0.2) is 40.8 Å². The molecule has 0 radical (unpaired) electrons. The number of hydrogen-bond acceptors (Lipinski definition) is 4. The Hall–Kier alpha value is -3.09. The molecule has 3 heterocycles. The van der Waals surface area contributed by atoms with Gasteiger partial charge < -0.3 is 14.6 Å². The lowest BCUT2D eigenvalue weighted by molar-refractivity contribution is -0.119. The molecule has 0 saturated carbocycles. The minimum Gasteiger partial charge on any atom is -0.466 e. The van der Waals surface area contributed by atoms with E-state index in [4.69, 9.17) is 4.42 Å². The molecule has 0 aliphatic carbocycles. The van der Waals surface area contributed by atoms with E-state index in [-0.39, 0.29) is 23.8 Å². The van der Waals surface area contributed by atoms with Crippen LogP contribution in [0.25, 0.3) is 10.9 Å². The number of carbonyl (C=O) groups excluding carboxylic acids is 2. The van der Waals surface area contributed by atoms with Crippen molar-refractivity contribution in [2.45, 2.75) is 25.8 Å². The van der Waals surface area contributed by atoms with Crippen LogP contribution in [0.5, 0.6) is 0 Å². The van der Waals surface area contributed by atoms with Crippen LogP contribution in [0.2, 0.25) is 0 Å². The maximum Gasteiger partial charge on any atom is 0.275 e. The summed E-state index contributed by atoms with van der Waals surface area (Å²) in [6.07, 6.45) is 0. The molecule has 1 aromatic carbocycles. The van der Waals surface area contributed by atoms with E-state index >= 15 is 0 Å². The van der Waals surface area contributed by atoms with Crippen molar-refractivity contribution in [1.82, 2.24) is 20.0 Å². The molecular weight excluding hydrogens is 344 g/mol. The number of amides is 2. The van der Waals surface area contributed by atoms with Crippen LogP contribution < -0.4 is 5.32 Å². The van der Waals surface area contributed by atoms with E-state index in [1.54, 1.807) is 9.58 Å². The smallest absolute Gasteiger partial charge is 0.275 e. The van der Waals surface area contributed by atoms with Gasteiger partial charge in [-0.3, -0.25) is 14.3 Å². The third kappa shape index (κ3) is 3.09. The fraction of sp³-hybridized carbons (Fsp3) is 0.350. The van der Waals surface area contributed by atoms with Gasteiger partial charge in [0.15, 0.2) is 5.69 Å². The lowest BCUT2D eigenvalue weighted by Crippen LogP contribution is -2.39. The number of aryl methyl sites for hydroxylation is 2. The van der Waals surface area contributed by atoms with Crippen LogP contribution in [0.4, 0.5) is 0 Å². The van der Waals surface area contributed by atoms with Crippen LogP contribution in [-0.4, -0.2) is 45.6 Å². The number of para-hydroxylation sites is 1. The third-order valence-electron chi connectivity index (χ3n) is 5.08. The number of benzene rings is 1. The summed E-state index contributed by atoms with van der Waals surface area (Å²) in [5, 5.41) is 8.23. The number of fused-ring (bicyclic) bond motifs is 1. The molecule has 1 aliphatic heterocycles. The molecule has 0 unspecified atom stereocenters. The first-order valence-electron chi connectivity index (χ1n) is 8.98. The van der Waals surface area contributed by atoms with Crippen molar-refractivity contribution in [2.75, 3.05) is 13.1 Å². The van der Waals surface area contributed by atoms with Gasteiger partial charge >= 0.3 is 0 Å². The van der Waals surface area contributed by atoms with E-state index < -0.39 is 0 Å². The van der Waals surface area contributed by atoms with E-state index in [9.17, 15) is 9.59 Å². The highest BCUT2D eigenvalue weighted by Gasteiger charge is 2.39. The number of hydrogen-bond donors (Lipinski definition) is 1. The first-order valence-corrected chi connectivity index (χ1v) is 8.98. The van der Waals surface area contributed by atoms with Gasteiger partial charge in [0.2, 0.25) is 5.91 Å². The number of likely N-dealkylation sites (tertiary alicyclic amines) is 1. The molecule has 0 bridgehead atoms. The largest absolute Gasteiger partial charge is 0.466 e. The lowest BCUT2D eigenvalue weighted by Gasteiger charge is -2.16. The molecular formula is C20H22N4O3. The molecule has 2 aromatic heterocycles. The predicted molar refractivity (Wildman–Crippen MR) is 100 cm³/mol. The van der Waals surface area contributed by atoms with E-state index in [2.05, 4.69) is 10.4 Å². The van der Waals surface area contributed by atoms with Crippen LogP contribution in [0.3, 0.4) is 0 Å². The van der Waals surface area contributed by atoms with E-state index in [1.807, 2.05) is 50.4 Å². The Morgan fingerprint density at radius 1 is 1.19 bits per heavy atom. The van der Waals surface area contributed by atoms with E-state index in [0.29, 0.717) is 18.8 Å². The molecule has 7 heteroatoms. The fourth-order valence-electron chi connectivity index (χ4n) is 3.84. The number of carbonyl (C=O) groups is 2. The van der Waals surface area contributed by atoms with Crippen molar-refractivity contribution in [1.29, 1.82) is 0 Å². The summed E-state index contributed by atoms with van der Waals surface area (Å²) in [4.78, 5) is 26.6. The second-order valence-electron chi connectivity index (χ2n) is 7.06. The number of nitrogens with zero attached hydrogens (tertiary/aromatic N) is 3. The first kappa shape index (κ1) is 17.3. The van der Waals surface area contributed by atoms with Gasteiger partial charge in [-0.15, -0.1) is 0 Å². The van der Waals surface area contributed by atoms with Gasteiger partial charge in [0.05, 0.1) is 17.5 Å². The molecule has 4 rings (SSSR count). The van der Waals surface area contributed by atoms with Crippen molar-refractivity contribution in [3.63, 3.8) is 0 Å². The molecule has 3 aromatic rings. The highest BCUT2D eigenvalue weighted by atomic mass is 16.3. The number of aromatic nitrogens is 2. The molecule has 0 spiro atoms. The van der Waals surface area contributed by atoms with Crippen LogP contribution in [0.1, 0.15) is 34.9 Å². The minimum absolute atomic E-state index is 0.0819. The van der Waals surface area contributed by atoms with E-state index in [0.717, 1.165) is 22.4 Å². The molecule has 1 N–H and O–H groups in total. The first-order chi connectivity index (χ1) is 12.9. The monoisotopic (exact) mass is 366 g/mol. The molecule has 2 amide bonds. The van der Waals surface area contributed by atoms with Gasteiger partial charge in [0.1, 0.15) is 11.5 Å². The summed E-state index contributed by atoms with van der Waals surface area (Å²) in [6.45, 7) is 4.27. The Morgan fingerprint density at radius 3 is 2.67 bits per heavy atom. The van der Waals surface area contributed by atoms with Crippen molar-refractivity contribution < 1.29 is 14.0 Å². The average Bonchev–Trinajstić information content (AvgIpc) is 3.32. The Balaban J connectivity index is 1.65. The summed E-state index contributed by atoms with van der Waals surface area (Å²) in [6, 6.07) is 11.3. The van der Waals surface area contributed by atoms with Crippen LogP contribution in [0, 0.1) is 6.92 Å². The number of furan rings is 1. The number of rotatable bonds is 3. The second kappa shape index (κ2) is 6.57. The summed E-state index contributed by atoms with van der Waals surface area (Å²) in [5.41, 5.74) is 1.35. The molecule has 1 saturated heterocycles. The van der Waals surface area contributed by atoms with Crippen molar-refractivity contribution in [3.05, 3.63) is 53.6 Å². The maximum absolute atomic E-state index is 13.2. The summed E-state index contributed by atoms with van der Waals surface area (Å²) < 4.78 is 7.50. The van der Waals surface area contributed by atoms with Gasteiger partial charge in [0, 0.05) is 32.4 Å². The average molecular weight is 366 g/mol. The van der Waals surface area contributed by atoms with Crippen molar-refractivity contribution in [3.8, 4) is 0 Å². The third-order valence-corrected chi connectivity index (χ3v) is 5.08. The molecule has 27 heavy (non-hydrogen) atoms. The van der Waals surface area contributed by atoms with Gasteiger partial charge in [-0.05, 0) is 25.1 Å². The molecule has 2 atom stereocenters. The second-order valence-corrected chi connectivity index (χ2v) is 7.06. The van der Waals surface area contributed by atoms with Gasteiger partial charge in [-0.2, -0.15) is 5.10 Å². The SMILES string of the molecule is CC(=O)N[C@H]1CN(C(=O)c2nn(C)c3ccccc23)C[C@@H]1c1ccc(C)o1. The van der Waals surface area contributed by atoms with E-state index in [1.165, 1.54) is 6.92 Å². The van der Waals surface area contributed by atoms with Gasteiger partial charge in [0.25, 0.3) is 5.91 Å². The topological polar surface area (TPSA) is 80.4 Å². The fourth-order valence-corrected chi connectivity index (χ4v) is 3.84. The summed E-state index contributed by atoms with van der Waals surface area (Å²) in [7, 11) is 1.83. The summed E-state index contributed by atoms with van der Waals surface area (Å²) in [5.74, 6) is 1.26. The molecule has 1 fully saturated rings. The maximum atomic E-state index is 13.2. The zero-order valence-electron chi connectivity index (χ0n) is 15.6. The Morgan fingerprint density at radius 2 is 1.96 bits per heavy atom. The predicted octanol–water partition coefficient (Wildman–Crippen LogP) is 2.22. The molecule has 7 nitrogen and oxygen atoms in total. The van der Waals surface area contributed by atoms with Gasteiger partial charge in [-0.1, -0.05) is 18.2 Å². The van der Waals surface area contributed by atoms with Crippen LogP contribution >= 0.6 is 0 Å². The Bertz CT molecular complexity index is 1020. The summed E-state index contributed by atoms with van der Waals surface area (Å²) >= 11 is 0. The zero-order chi connectivity index (χ0) is 19.1. The quantitative estimate of drug-likeness (QED) is 0.771. The standard InChI is InChI=1S/C20H22N4O3/c1-12-8-9-18(27-12)15-10-24(11-16(15)21-13(2)25)20(26)19-14-6-4-5-7-17(14)23(3)22-19/h4-9,15-16H,10-11H2,1-3H3,(H,21,25)/t15-,16-/m0/s1. The Kier molecular flexibility index (Phi) is 4.22. The molecule has 140 valence electrons. The number of nitrogens with one attached hydrogen (secondary N) is 1.